The van der Waals surface area contributed by atoms with E-state index in [-0.39, 0.29) is 5.91 Å². The van der Waals surface area contributed by atoms with Gasteiger partial charge >= 0.3 is 0 Å². The molecule has 6 heteroatoms. The van der Waals surface area contributed by atoms with Crippen molar-refractivity contribution in [2.75, 3.05) is 25.6 Å². The zero-order valence-corrected chi connectivity index (χ0v) is 15.2. The summed E-state index contributed by atoms with van der Waals surface area (Å²) in [5.74, 6) is 0.242. The fourth-order valence-corrected chi connectivity index (χ4v) is 2.51. The highest BCUT2D eigenvalue weighted by Gasteiger charge is 2.15. The van der Waals surface area contributed by atoms with E-state index >= 15 is 0 Å². The van der Waals surface area contributed by atoms with Crippen LogP contribution in [0.5, 0.6) is 5.75 Å². The molecule has 2 aromatic rings. The SMILES string of the molecule is COCCOc1ccc(Br)cc1C(=O)Nc1cccc(Cl)c1C. The standard InChI is InChI=1S/C17H17BrClNO3/c1-11-14(19)4-3-5-15(11)20-17(21)13-10-12(18)6-7-16(13)23-9-8-22-2/h3-7,10H,8-9H2,1-2H3,(H,20,21). The van der Waals surface area contributed by atoms with Gasteiger partial charge in [0.15, 0.2) is 0 Å². The molecular formula is C17H17BrClNO3. The first-order chi connectivity index (χ1) is 11.0. The van der Waals surface area contributed by atoms with Crippen LogP contribution in [0.4, 0.5) is 5.69 Å². The number of carbonyl (C=O) groups is 1. The fourth-order valence-electron chi connectivity index (χ4n) is 1.97. The molecular weight excluding hydrogens is 382 g/mol. The highest BCUT2D eigenvalue weighted by Crippen LogP contribution is 2.27. The number of anilines is 1. The third-order valence-electron chi connectivity index (χ3n) is 3.25. The van der Waals surface area contributed by atoms with E-state index < -0.39 is 0 Å². The Balaban J connectivity index is 2.24. The molecule has 0 unspecified atom stereocenters. The predicted molar refractivity (Wildman–Crippen MR) is 95.7 cm³/mol. The van der Waals surface area contributed by atoms with Crippen LogP contribution in [-0.2, 0) is 4.74 Å². The molecule has 1 N–H and O–H groups in total. The van der Waals surface area contributed by atoms with Crippen molar-refractivity contribution in [3.63, 3.8) is 0 Å². The van der Waals surface area contributed by atoms with Gasteiger partial charge in [0.25, 0.3) is 5.91 Å². The van der Waals surface area contributed by atoms with Crippen LogP contribution < -0.4 is 10.1 Å². The zero-order chi connectivity index (χ0) is 16.8. The molecule has 0 atom stereocenters. The van der Waals surface area contributed by atoms with Crippen molar-refractivity contribution in [2.24, 2.45) is 0 Å². The molecule has 2 aromatic carbocycles. The van der Waals surface area contributed by atoms with E-state index in [9.17, 15) is 4.79 Å². The highest BCUT2D eigenvalue weighted by molar-refractivity contribution is 9.10. The molecule has 0 saturated carbocycles. The Labute approximate surface area is 148 Å². The van der Waals surface area contributed by atoms with Crippen LogP contribution in [0.25, 0.3) is 0 Å². The van der Waals surface area contributed by atoms with Crippen LogP contribution >= 0.6 is 27.5 Å². The van der Waals surface area contributed by atoms with Gasteiger partial charge in [-0.25, -0.2) is 0 Å². The van der Waals surface area contributed by atoms with Gasteiger partial charge in [0.05, 0.1) is 12.2 Å². The first-order valence-corrected chi connectivity index (χ1v) is 8.17. The second-order valence-corrected chi connectivity index (χ2v) is 6.17. The average molecular weight is 399 g/mol. The van der Waals surface area contributed by atoms with Gasteiger partial charge in [0, 0.05) is 22.3 Å². The van der Waals surface area contributed by atoms with Crippen LogP contribution in [0.2, 0.25) is 5.02 Å². The fraction of sp³-hybridized carbons (Fsp3) is 0.235. The summed E-state index contributed by atoms with van der Waals surface area (Å²) in [5, 5.41) is 3.48. The molecule has 0 spiro atoms. The Morgan fingerprint density at radius 1 is 1.26 bits per heavy atom. The van der Waals surface area contributed by atoms with E-state index in [0.29, 0.717) is 35.2 Å². The van der Waals surface area contributed by atoms with Gasteiger partial charge in [-0.2, -0.15) is 0 Å². The van der Waals surface area contributed by atoms with Gasteiger partial charge in [0.1, 0.15) is 12.4 Å². The quantitative estimate of drug-likeness (QED) is 0.718. The van der Waals surface area contributed by atoms with Gasteiger partial charge < -0.3 is 14.8 Å². The van der Waals surface area contributed by atoms with Gasteiger partial charge in [-0.05, 0) is 42.8 Å². The lowest BCUT2D eigenvalue weighted by molar-refractivity contribution is 0.101. The zero-order valence-electron chi connectivity index (χ0n) is 12.9. The Bertz CT molecular complexity index is 706. The van der Waals surface area contributed by atoms with E-state index in [1.54, 1.807) is 31.4 Å². The minimum absolute atomic E-state index is 0.260. The molecule has 4 nitrogen and oxygen atoms in total. The van der Waals surface area contributed by atoms with Crippen molar-refractivity contribution in [3.05, 3.63) is 57.0 Å². The summed E-state index contributed by atoms with van der Waals surface area (Å²) in [6, 6.07) is 10.7. The highest BCUT2D eigenvalue weighted by atomic mass is 79.9. The number of hydrogen-bond donors (Lipinski definition) is 1. The van der Waals surface area contributed by atoms with Crippen LogP contribution in [0.1, 0.15) is 15.9 Å². The molecule has 1 amide bonds. The molecule has 23 heavy (non-hydrogen) atoms. The summed E-state index contributed by atoms with van der Waals surface area (Å²) < 4.78 is 11.4. The first kappa shape index (κ1) is 17.8. The number of rotatable bonds is 6. The first-order valence-electron chi connectivity index (χ1n) is 7.00. The number of amides is 1. The van der Waals surface area contributed by atoms with Crippen molar-refractivity contribution in [3.8, 4) is 5.75 Å². The number of methoxy groups -OCH3 is 1. The lowest BCUT2D eigenvalue weighted by Crippen LogP contribution is -2.15. The van der Waals surface area contributed by atoms with E-state index in [0.717, 1.165) is 10.0 Å². The number of halogens is 2. The normalized spacial score (nSPS) is 10.4. The lowest BCUT2D eigenvalue weighted by atomic mass is 10.1. The molecule has 0 heterocycles. The number of carbonyl (C=O) groups excluding carboxylic acids is 1. The third-order valence-corrected chi connectivity index (χ3v) is 4.15. The van der Waals surface area contributed by atoms with Gasteiger partial charge in [-0.3, -0.25) is 4.79 Å². The van der Waals surface area contributed by atoms with Crippen molar-refractivity contribution in [2.45, 2.75) is 6.92 Å². The Hall–Kier alpha value is -1.56. The molecule has 0 saturated heterocycles. The van der Waals surface area contributed by atoms with Crippen molar-refractivity contribution >= 4 is 39.1 Å². The average Bonchev–Trinajstić information content (AvgIpc) is 2.53. The topological polar surface area (TPSA) is 47.6 Å². The molecule has 0 radical (unpaired) electrons. The lowest BCUT2D eigenvalue weighted by Gasteiger charge is -2.13. The molecule has 2 rings (SSSR count). The summed E-state index contributed by atoms with van der Waals surface area (Å²) in [4.78, 5) is 12.6. The van der Waals surface area contributed by atoms with Crippen molar-refractivity contribution in [1.82, 2.24) is 0 Å². The van der Waals surface area contributed by atoms with Gasteiger partial charge in [0.2, 0.25) is 0 Å². The molecule has 0 bridgehead atoms. The van der Waals surface area contributed by atoms with Gasteiger partial charge in [-0.15, -0.1) is 0 Å². The third kappa shape index (κ3) is 4.70. The maximum Gasteiger partial charge on any atom is 0.259 e. The Morgan fingerprint density at radius 3 is 2.78 bits per heavy atom. The summed E-state index contributed by atoms with van der Waals surface area (Å²) in [6.45, 7) is 2.67. The molecule has 122 valence electrons. The van der Waals surface area contributed by atoms with Crippen LogP contribution in [0.3, 0.4) is 0 Å². The maximum atomic E-state index is 12.6. The number of benzene rings is 2. The minimum atomic E-state index is -0.260. The number of nitrogens with one attached hydrogen (secondary N) is 1. The molecule has 0 aliphatic rings. The van der Waals surface area contributed by atoms with E-state index in [1.165, 1.54) is 0 Å². The van der Waals surface area contributed by atoms with Crippen molar-refractivity contribution < 1.29 is 14.3 Å². The summed E-state index contributed by atoms with van der Waals surface area (Å²) in [6.07, 6.45) is 0. The smallest absolute Gasteiger partial charge is 0.259 e. The predicted octanol–water partition coefficient (Wildman–Crippen LogP) is 4.69. The second kappa shape index (κ2) is 8.34. The Morgan fingerprint density at radius 2 is 2.04 bits per heavy atom. The summed E-state index contributed by atoms with van der Waals surface area (Å²) in [7, 11) is 1.60. The Kier molecular flexibility index (Phi) is 6.45. The van der Waals surface area contributed by atoms with E-state index in [2.05, 4.69) is 21.2 Å². The number of ether oxygens (including phenoxy) is 2. The summed E-state index contributed by atoms with van der Waals surface area (Å²) >= 11 is 9.46. The van der Waals surface area contributed by atoms with Crippen LogP contribution in [0.15, 0.2) is 40.9 Å². The largest absolute Gasteiger partial charge is 0.490 e. The minimum Gasteiger partial charge on any atom is -0.490 e. The van der Waals surface area contributed by atoms with E-state index in [4.69, 9.17) is 21.1 Å². The summed E-state index contributed by atoms with van der Waals surface area (Å²) in [5.41, 5.74) is 1.93. The monoisotopic (exact) mass is 397 g/mol. The second-order valence-electron chi connectivity index (χ2n) is 4.85. The van der Waals surface area contributed by atoms with E-state index in [1.807, 2.05) is 19.1 Å². The molecule has 0 aliphatic carbocycles. The molecule has 0 fully saturated rings. The van der Waals surface area contributed by atoms with Crippen molar-refractivity contribution in [1.29, 1.82) is 0 Å². The molecule has 0 aromatic heterocycles. The van der Waals surface area contributed by atoms with Crippen LogP contribution in [0, 0.1) is 6.92 Å². The molecule has 0 aliphatic heterocycles. The van der Waals surface area contributed by atoms with Gasteiger partial charge in [-0.1, -0.05) is 33.6 Å². The number of hydrogen-bond acceptors (Lipinski definition) is 3. The maximum absolute atomic E-state index is 12.6. The van der Waals surface area contributed by atoms with Crippen LogP contribution in [-0.4, -0.2) is 26.2 Å².